The Morgan fingerprint density at radius 2 is 1.78 bits per heavy atom. The van der Waals surface area contributed by atoms with Gasteiger partial charge in [0.2, 0.25) is 11.8 Å². The Labute approximate surface area is 134 Å². The number of rotatable bonds is 3. The molecule has 5 nitrogen and oxygen atoms in total. The fraction of sp³-hybridized carbons (Fsp3) is 0.222. The highest BCUT2D eigenvalue weighted by Gasteiger charge is 2.42. The lowest BCUT2D eigenvalue weighted by Crippen LogP contribution is -2.29. The van der Waals surface area contributed by atoms with E-state index in [2.05, 4.69) is 5.32 Å². The number of aromatic hydroxyl groups is 1. The summed E-state index contributed by atoms with van der Waals surface area (Å²) < 4.78 is 0. The fourth-order valence-electron chi connectivity index (χ4n) is 2.99. The summed E-state index contributed by atoms with van der Waals surface area (Å²) in [7, 11) is 1.73. The maximum atomic E-state index is 12.6. The molecule has 118 valence electrons. The molecule has 1 aliphatic rings. The predicted molar refractivity (Wildman–Crippen MR) is 86.8 cm³/mol. The second-order valence-corrected chi connectivity index (χ2v) is 5.71. The molecule has 0 aromatic heterocycles. The van der Waals surface area contributed by atoms with Crippen LogP contribution in [0.25, 0.3) is 0 Å². The molecular formula is C18H18N2O3. The van der Waals surface area contributed by atoms with Crippen molar-refractivity contribution in [1.82, 2.24) is 4.90 Å². The second kappa shape index (κ2) is 6.12. The molecule has 0 saturated carbocycles. The summed E-state index contributed by atoms with van der Waals surface area (Å²) in [5.74, 6) is -0.531. The van der Waals surface area contributed by atoms with Crippen molar-refractivity contribution < 1.29 is 14.7 Å². The van der Waals surface area contributed by atoms with Gasteiger partial charge in [-0.1, -0.05) is 30.3 Å². The first-order valence-electron chi connectivity index (χ1n) is 7.47. The number of phenolic OH excluding ortho intramolecular Hbond substituents is 1. The summed E-state index contributed by atoms with van der Waals surface area (Å²) >= 11 is 0. The number of phenols is 1. The van der Waals surface area contributed by atoms with E-state index in [4.69, 9.17) is 0 Å². The number of nitrogens with zero attached hydrogens (tertiary/aromatic N) is 1. The van der Waals surface area contributed by atoms with Crippen molar-refractivity contribution in [2.45, 2.75) is 12.5 Å². The molecule has 0 spiro atoms. The largest absolute Gasteiger partial charge is 0.508 e. The van der Waals surface area contributed by atoms with Crippen LogP contribution in [0.5, 0.6) is 5.75 Å². The van der Waals surface area contributed by atoms with E-state index < -0.39 is 5.92 Å². The van der Waals surface area contributed by atoms with Gasteiger partial charge in [-0.25, -0.2) is 0 Å². The quantitative estimate of drug-likeness (QED) is 0.856. The predicted octanol–water partition coefficient (Wildman–Crippen LogP) is 2.55. The van der Waals surface area contributed by atoms with Gasteiger partial charge in [0, 0.05) is 19.2 Å². The van der Waals surface area contributed by atoms with E-state index >= 15 is 0 Å². The van der Waals surface area contributed by atoms with Gasteiger partial charge in [0.1, 0.15) is 5.75 Å². The molecule has 2 amide bonds. The molecule has 23 heavy (non-hydrogen) atoms. The molecule has 0 aliphatic carbocycles. The Hall–Kier alpha value is -2.82. The Balaban J connectivity index is 1.83. The minimum absolute atomic E-state index is 0.0373. The van der Waals surface area contributed by atoms with Crippen LogP contribution in [0, 0.1) is 5.92 Å². The number of nitrogens with one attached hydrogen (secondary N) is 1. The highest BCUT2D eigenvalue weighted by atomic mass is 16.3. The third-order valence-electron chi connectivity index (χ3n) is 4.20. The smallest absolute Gasteiger partial charge is 0.230 e. The molecule has 2 atom stereocenters. The van der Waals surface area contributed by atoms with Crippen LogP contribution in [0.4, 0.5) is 5.69 Å². The van der Waals surface area contributed by atoms with Gasteiger partial charge in [0.15, 0.2) is 0 Å². The van der Waals surface area contributed by atoms with Crippen LogP contribution in [0.1, 0.15) is 18.0 Å². The normalized spacial score (nSPS) is 20.6. The van der Waals surface area contributed by atoms with E-state index in [1.54, 1.807) is 24.1 Å². The zero-order chi connectivity index (χ0) is 16.4. The molecular weight excluding hydrogens is 292 g/mol. The number of carbonyl (C=O) groups is 2. The molecule has 5 heteroatoms. The molecule has 1 heterocycles. The van der Waals surface area contributed by atoms with Crippen LogP contribution >= 0.6 is 0 Å². The number of benzene rings is 2. The molecule has 0 bridgehead atoms. The summed E-state index contributed by atoms with van der Waals surface area (Å²) in [5, 5.41) is 12.1. The van der Waals surface area contributed by atoms with Gasteiger partial charge in [-0.15, -0.1) is 0 Å². The lowest BCUT2D eigenvalue weighted by Gasteiger charge is -2.24. The first-order valence-corrected chi connectivity index (χ1v) is 7.47. The average Bonchev–Trinajstić information content (AvgIpc) is 2.86. The van der Waals surface area contributed by atoms with Crippen molar-refractivity contribution >= 4 is 17.5 Å². The number of hydrogen-bond donors (Lipinski definition) is 2. The van der Waals surface area contributed by atoms with Crippen molar-refractivity contribution in [3.8, 4) is 5.75 Å². The topological polar surface area (TPSA) is 69.6 Å². The summed E-state index contributed by atoms with van der Waals surface area (Å²) in [6.45, 7) is 0. The van der Waals surface area contributed by atoms with Crippen LogP contribution < -0.4 is 5.32 Å². The van der Waals surface area contributed by atoms with Crippen molar-refractivity contribution in [3.63, 3.8) is 0 Å². The Morgan fingerprint density at radius 1 is 1.13 bits per heavy atom. The summed E-state index contributed by atoms with van der Waals surface area (Å²) in [5.41, 5.74) is 1.55. The van der Waals surface area contributed by atoms with Crippen molar-refractivity contribution in [2.24, 2.45) is 5.92 Å². The monoisotopic (exact) mass is 310 g/mol. The van der Waals surface area contributed by atoms with Crippen molar-refractivity contribution in [2.75, 3.05) is 12.4 Å². The summed E-state index contributed by atoms with van der Waals surface area (Å²) in [6, 6.07) is 15.6. The molecule has 2 N–H and O–H groups in total. The minimum atomic E-state index is -0.441. The highest BCUT2D eigenvalue weighted by molar-refractivity contribution is 5.97. The van der Waals surface area contributed by atoms with Crippen molar-refractivity contribution in [3.05, 3.63) is 60.2 Å². The third-order valence-corrected chi connectivity index (χ3v) is 4.20. The molecule has 1 fully saturated rings. The van der Waals surface area contributed by atoms with Crippen LogP contribution in [0.3, 0.4) is 0 Å². The number of anilines is 1. The molecule has 1 saturated heterocycles. The first-order chi connectivity index (χ1) is 11.1. The third kappa shape index (κ3) is 3.04. The SMILES string of the molecule is CN1C(=O)C[C@H](C(=O)Nc2ccc(O)cc2)[C@H]1c1ccccc1. The van der Waals surface area contributed by atoms with Gasteiger partial charge >= 0.3 is 0 Å². The zero-order valence-corrected chi connectivity index (χ0v) is 12.8. The lowest BCUT2D eigenvalue weighted by molar-refractivity contribution is -0.127. The standard InChI is InChI=1S/C18H18N2O3/c1-20-16(22)11-15(17(20)12-5-3-2-4-6-12)18(23)19-13-7-9-14(21)10-8-13/h2-10,15,17,21H,11H2,1H3,(H,19,23)/t15-,17+/m0/s1. The van der Waals surface area contributed by atoms with Crippen molar-refractivity contribution in [1.29, 1.82) is 0 Å². The van der Waals surface area contributed by atoms with E-state index in [1.807, 2.05) is 30.3 Å². The number of amides is 2. The van der Waals surface area contributed by atoms with Crippen LogP contribution in [0.15, 0.2) is 54.6 Å². The Morgan fingerprint density at radius 3 is 2.43 bits per heavy atom. The molecule has 0 radical (unpaired) electrons. The summed E-state index contributed by atoms with van der Waals surface area (Å²) in [4.78, 5) is 26.3. The van der Waals surface area contributed by atoms with Crippen LogP contribution in [-0.4, -0.2) is 28.9 Å². The van der Waals surface area contributed by atoms with Gasteiger partial charge < -0.3 is 15.3 Å². The highest BCUT2D eigenvalue weighted by Crippen LogP contribution is 2.37. The lowest BCUT2D eigenvalue weighted by atomic mass is 9.93. The maximum absolute atomic E-state index is 12.6. The molecule has 0 unspecified atom stereocenters. The summed E-state index contributed by atoms with van der Waals surface area (Å²) in [6.07, 6.45) is 0.194. The molecule has 3 rings (SSSR count). The Bertz CT molecular complexity index is 713. The molecule has 2 aromatic rings. The minimum Gasteiger partial charge on any atom is -0.508 e. The maximum Gasteiger partial charge on any atom is 0.230 e. The Kier molecular flexibility index (Phi) is 4.02. The van der Waals surface area contributed by atoms with E-state index in [1.165, 1.54) is 12.1 Å². The van der Waals surface area contributed by atoms with Crippen LogP contribution in [0.2, 0.25) is 0 Å². The van der Waals surface area contributed by atoms with Crippen LogP contribution in [-0.2, 0) is 9.59 Å². The van der Waals surface area contributed by atoms with Gasteiger partial charge in [0.25, 0.3) is 0 Å². The zero-order valence-electron chi connectivity index (χ0n) is 12.8. The van der Waals surface area contributed by atoms with Gasteiger partial charge in [-0.2, -0.15) is 0 Å². The molecule has 2 aromatic carbocycles. The van der Waals surface area contributed by atoms with Gasteiger partial charge in [-0.3, -0.25) is 9.59 Å². The van der Waals surface area contributed by atoms with E-state index in [0.717, 1.165) is 5.56 Å². The van der Waals surface area contributed by atoms with E-state index in [0.29, 0.717) is 5.69 Å². The number of likely N-dealkylation sites (tertiary alicyclic amines) is 1. The fourth-order valence-corrected chi connectivity index (χ4v) is 2.99. The average molecular weight is 310 g/mol. The van der Waals surface area contributed by atoms with E-state index in [9.17, 15) is 14.7 Å². The van der Waals surface area contributed by atoms with Gasteiger partial charge in [-0.05, 0) is 29.8 Å². The number of carbonyl (C=O) groups excluding carboxylic acids is 2. The first kappa shape index (κ1) is 15.1. The van der Waals surface area contributed by atoms with Gasteiger partial charge in [0.05, 0.1) is 12.0 Å². The van der Waals surface area contributed by atoms with E-state index in [-0.39, 0.29) is 30.0 Å². The molecule has 1 aliphatic heterocycles. The number of hydrogen-bond acceptors (Lipinski definition) is 3. The second-order valence-electron chi connectivity index (χ2n) is 5.71.